The molecule has 41 heavy (non-hydrogen) atoms. The number of amides is 1. The molecule has 2 aliphatic heterocycles. The Morgan fingerprint density at radius 3 is 2.12 bits per heavy atom. The zero-order valence-electron chi connectivity index (χ0n) is 22.7. The smallest absolute Gasteiger partial charge is 0.336 e. The van der Waals surface area contributed by atoms with Gasteiger partial charge in [-0.1, -0.05) is 84.4 Å². The van der Waals surface area contributed by atoms with Gasteiger partial charge in [-0.2, -0.15) is 0 Å². The first-order chi connectivity index (χ1) is 19.8. The molecule has 2 aliphatic rings. The Hall–Kier alpha value is -4.69. The van der Waals surface area contributed by atoms with Crippen molar-refractivity contribution in [3.05, 3.63) is 131 Å². The highest BCUT2D eigenvalue weighted by Crippen LogP contribution is 2.58. The summed E-state index contributed by atoms with van der Waals surface area (Å²) in [5, 5.41) is 0. The van der Waals surface area contributed by atoms with Gasteiger partial charge in [0.05, 0.1) is 28.5 Å². The lowest BCUT2D eigenvalue weighted by molar-refractivity contribution is -0.138. The zero-order chi connectivity index (χ0) is 28.8. The summed E-state index contributed by atoms with van der Waals surface area (Å²) < 4.78 is 36.2. The third kappa shape index (κ3) is 4.05. The standard InChI is InChI=1S/C33H28N2O5S/c1-3-40-31(36)27-22-33(28-16-10-11-17-29(28)34(32(33)37)25-14-8-5-9-15-25)35(30(27)24-12-6-4-7-13-24)41(38,39)26-20-18-23(2)19-21-26/h4-21H,3,22H2,1-2H3. The second-order valence-electron chi connectivity index (χ2n) is 10.0. The van der Waals surface area contributed by atoms with E-state index in [4.69, 9.17) is 4.74 Å². The van der Waals surface area contributed by atoms with E-state index in [1.54, 1.807) is 78.6 Å². The predicted octanol–water partition coefficient (Wildman–Crippen LogP) is 5.94. The van der Waals surface area contributed by atoms with Gasteiger partial charge in [0.2, 0.25) is 0 Å². The molecule has 0 bridgehead atoms. The summed E-state index contributed by atoms with van der Waals surface area (Å²) in [6.45, 7) is 3.67. The van der Waals surface area contributed by atoms with E-state index in [0.717, 1.165) is 5.56 Å². The van der Waals surface area contributed by atoms with Crippen LogP contribution >= 0.6 is 0 Å². The molecule has 7 nitrogen and oxygen atoms in total. The average Bonchev–Trinajstić information content (AvgIpc) is 3.48. The van der Waals surface area contributed by atoms with Crippen LogP contribution in [0.3, 0.4) is 0 Å². The summed E-state index contributed by atoms with van der Waals surface area (Å²) in [6, 6.07) is 31.6. The van der Waals surface area contributed by atoms with Gasteiger partial charge in [-0.15, -0.1) is 0 Å². The van der Waals surface area contributed by atoms with Crippen molar-refractivity contribution in [2.24, 2.45) is 0 Å². The van der Waals surface area contributed by atoms with Crippen molar-refractivity contribution in [2.45, 2.75) is 30.7 Å². The number of benzene rings is 4. The minimum absolute atomic E-state index is 0.0180. The van der Waals surface area contributed by atoms with Gasteiger partial charge in [-0.3, -0.25) is 9.69 Å². The van der Waals surface area contributed by atoms with Crippen LogP contribution in [0.2, 0.25) is 0 Å². The van der Waals surface area contributed by atoms with Crippen molar-refractivity contribution in [1.29, 1.82) is 0 Å². The lowest BCUT2D eigenvalue weighted by Gasteiger charge is -2.37. The number of fused-ring (bicyclic) bond motifs is 2. The molecule has 0 radical (unpaired) electrons. The van der Waals surface area contributed by atoms with Gasteiger partial charge in [0.15, 0.2) is 5.54 Å². The molecule has 8 heteroatoms. The number of esters is 1. The maximum absolute atomic E-state index is 14.9. The van der Waals surface area contributed by atoms with Gasteiger partial charge in [0.1, 0.15) is 0 Å². The first-order valence-electron chi connectivity index (χ1n) is 13.4. The van der Waals surface area contributed by atoms with Crippen molar-refractivity contribution < 1.29 is 22.7 Å². The van der Waals surface area contributed by atoms with Crippen LogP contribution in [0.4, 0.5) is 11.4 Å². The molecule has 0 aromatic heterocycles. The molecule has 4 aromatic rings. The molecule has 1 amide bonds. The van der Waals surface area contributed by atoms with Gasteiger partial charge < -0.3 is 4.74 Å². The van der Waals surface area contributed by atoms with Gasteiger partial charge in [-0.05, 0) is 49.7 Å². The number of anilines is 2. The quantitative estimate of drug-likeness (QED) is 0.271. The molecule has 6 rings (SSSR count). The number of para-hydroxylation sites is 2. The molecule has 2 heterocycles. The van der Waals surface area contributed by atoms with Crippen LogP contribution in [0.5, 0.6) is 0 Å². The van der Waals surface area contributed by atoms with Crippen LogP contribution in [0.25, 0.3) is 5.70 Å². The molecule has 0 aliphatic carbocycles. The molecule has 0 saturated carbocycles. The Labute approximate surface area is 239 Å². The van der Waals surface area contributed by atoms with Crippen molar-refractivity contribution in [3.63, 3.8) is 0 Å². The van der Waals surface area contributed by atoms with E-state index in [-0.39, 0.29) is 29.2 Å². The minimum atomic E-state index is -4.39. The largest absolute Gasteiger partial charge is 0.463 e. The van der Waals surface area contributed by atoms with Crippen molar-refractivity contribution >= 4 is 39.0 Å². The van der Waals surface area contributed by atoms with Crippen LogP contribution in [0.15, 0.2) is 120 Å². The maximum Gasteiger partial charge on any atom is 0.336 e. The van der Waals surface area contributed by atoms with E-state index in [0.29, 0.717) is 22.5 Å². The Morgan fingerprint density at radius 1 is 0.854 bits per heavy atom. The van der Waals surface area contributed by atoms with Crippen LogP contribution in [0, 0.1) is 6.92 Å². The van der Waals surface area contributed by atoms with E-state index < -0.39 is 27.4 Å². The molecule has 1 unspecified atom stereocenters. The molecule has 4 aromatic carbocycles. The Morgan fingerprint density at radius 2 is 1.46 bits per heavy atom. The molecule has 0 N–H and O–H groups in total. The lowest BCUT2D eigenvalue weighted by Crippen LogP contribution is -2.51. The number of hydrogen-bond donors (Lipinski definition) is 0. The van der Waals surface area contributed by atoms with Crippen LogP contribution in [-0.2, 0) is 29.9 Å². The number of sulfonamides is 1. The van der Waals surface area contributed by atoms with Crippen molar-refractivity contribution in [2.75, 3.05) is 11.5 Å². The van der Waals surface area contributed by atoms with E-state index in [2.05, 4.69) is 0 Å². The van der Waals surface area contributed by atoms with Gasteiger partial charge >= 0.3 is 5.97 Å². The number of carbonyl (C=O) groups is 2. The highest BCUT2D eigenvalue weighted by molar-refractivity contribution is 7.89. The highest BCUT2D eigenvalue weighted by atomic mass is 32.2. The summed E-state index contributed by atoms with van der Waals surface area (Å²) in [7, 11) is -4.39. The lowest BCUT2D eigenvalue weighted by atomic mass is 9.87. The van der Waals surface area contributed by atoms with Crippen molar-refractivity contribution in [1.82, 2.24) is 4.31 Å². The first-order valence-corrected chi connectivity index (χ1v) is 14.8. The fourth-order valence-corrected chi connectivity index (χ4v) is 7.57. The molecule has 0 saturated heterocycles. The number of nitrogens with zero attached hydrogens (tertiary/aromatic N) is 2. The topological polar surface area (TPSA) is 84.0 Å². The molecule has 1 atom stereocenters. The minimum Gasteiger partial charge on any atom is -0.463 e. The Bertz CT molecular complexity index is 1780. The fourth-order valence-electron chi connectivity index (χ4n) is 5.77. The van der Waals surface area contributed by atoms with E-state index in [1.165, 1.54) is 16.4 Å². The summed E-state index contributed by atoms with van der Waals surface area (Å²) in [5.74, 6) is -1.12. The second kappa shape index (κ2) is 10.1. The number of ether oxygens (including phenoxy) is 1. The average molecular weight is 565 g/mol. The molecule has 0 fully saturated rings. The van der Waals surface area contributed by atoms with Crippen LogP contribution in [0.1, 0.15) is 30.0 Å². The van der Waals surface area contributed by atoms with Gasteiger partial charge in [0.25, 0.3) is 15.9 Å². The number of rotatable bonds is 6. The second-order valence-corrected chi connectivity index (χ2v) is 11.8. The van der Waals surface area contributed by atoms with E-state index >= 15 is 0 Å². The summed E-state index contributed by atoms with van der Waals surface area (Å²) in [5.41, 5.74) is 1.55. The predicted molar refractivity (Wildman–Crippen MR) is 157 cm³/mol. The van der Waals surface area contributed by atoms with E-state index in [9.17, 15) is 18.0 Å². The van der Waals surface area contributed by atoms with Gasteiger partial charge in [-0.25, -0.2) is 17.5 Å². The maximum atomic E-state index is 14.9. The Balaban J connectivity index is 1.69. The SMILES string of the molecule is CCOC(=O)C1=C(c2ccccc2)N(S(=O)(=O)c2ccc(C)cc2)C2(C1)C(=O)N(c1ccccc1)c1ccccc12. The summed E-state index contributed by atoms with van der Waals surface area (Å²) >= 11 is 0. The number of hydrogen-bond acceptors (Lipinski definition) is 5. The third-order valence-electron chi connectivity index (χ3n) is 7.56. The highest BCUT2D eigenvalue weighted by Gasteiger charge is 2.64. The Kier molecular flexibility index (Phi) is 6.50. The molecule has 1 spiro atoms. The first kappa shape index (κ1) is 26.5. The van der Waals surface area contributed by atoms with Crippen LogP contribution in [-0.4, -0.2) is 31.2 Å². The number of carbonyl (C=O) groups excluding carboxylic acids is 2. The fraction of sp³-hybridized carbons (Fsp3) is 0.152. The summed E-state index contributed by atoms with van der Waals surface area (Å²) in [4.78, 5) is 30.0. The van der Waals surface area contributed by atoms with Gasteiger partial charge in [0, 0.05) is 17.7 Å². The zero-order valence-corrected chi connectivity index (χ0v) is 23.5. The van der Waals surface area contributed by atoms with Crippen molar-refractivity contribution in [3.8, 4) is 0 Å². The van der Waals surface area contributed by atoms with E-state index in [1.807, 2.05) is 37.3 Å². The molecular weight excluding hydrogens is 536 g/mol. The monoisotopic (exact) mass is 564 g/mol. The van der Waals surface area contributed by atoms with Crippen LogP contribution < -0.4 is 4.90 Å². The molecular formula is C33H28N2O5S. The molecule has 206 valence electrons. The number of aryl methyl sites for hydroxylation is 1. The normalized spacial score (nSPS) is 18.2. The summed E-state index contributed by atoms with van der Waals surface area (Å²) in [6.07, 6.45) is -0.180. The third-order valence-corrected chi connectivity index (χ3v) is 9.40.